The van der Waals surface area contributed by atoms with E-state index in [1.807, 2.05) is 12.1 Å². The van der Waals surface area contributed by atoms with Crippen LogP contribution in [0, 0.1) is 11.1 Å². The molecule has 1 aliphatic rings. The van der Waals surface area contributed by atoms with Crippen molar-refractivity contribution in [1.29, 1.82) is 0 Å². The van der Waals surface area contributed by atoms with E-state index in [2.05, 4.69) is 9.97 Å². The first kappa shape index (κ1) is 17.4. The van der Waals surface area contributed by atoms with Crippen molar-refractivity contribution in [2.75, 3.05) is 11.4 Å². The van der Waals surface area contributed by atoms with Crippen LogP contribution >= 0.6 is 11.6 Å². The van der Waals surface area contributed by atoms with Gasteiger partial charge < -0.3 is 10.1 Å². The summed E-state index contributed by atoms with van der Waals surface area (Å²) in [4.78, 5) is 22.5. The molecule has 1 fully saturated rings. The number of carbonyl (C=O) groups is 1. The molecular formula is C20H17ClN4O2. The normalized spacial score (nSPS) is 16.7. The largest absolute Gasteiger partial charge is 0.618 e. The number of rotatable bonds is 4. The number of carbonyl (C=O) groups excluding carboxylic acids is 1. The molecule has 1 aliphatic heterocycles. The van der Waals surface area contributed by atoms with E-state index in [0.717, 1.165) is 22.3 Å². The molecule has 4 heterocycles. The van der Waals surface area contributed by atoms with Crippen LogP contribution < -0.4 is 9.63 Å². The van der Waals surface area contributed by atoms with Gasteiger partial charge >= 0.3 is 0 Å². The number of hydrogen-bond acceptors (Lipinski definition) is 4. The molecule has 1 atom stereocenters. The second kappa shape index (κ2) is 7.32. The van der Waals surface area contributed by atoms with Gasteiger partial charge in [0, 0.05) is 37.1 Å². The summed E-state index contributed by atoms with van der Waals surface area (Å²) >= 11 is 5.81. The summed E-state index contributed by atoms with van der Waals surface area (Å²) < 4.78 is 0.800. The van der Waals surface area contributed by atoms with Crippen molar-refractivity contribution in [3.8, 4) is 11.3 Å². The number of halogens is 1. The maximum Gasteiger partial charge on any atom is 0.230 e. The molecule has 3 aromatic rings. The van der Waals surface area contributed by atoms with Gasteiger partial charge in [-0.15, -0.1) is 0 Å². The van der Waals surface area contributed by atoms with E-state index in [9.17, 15) is 10.0 Å². The van der Waals surface area contributed by atoms with Gasteiger partial charge in [-0.25, -0.2) is 4.98 Å². The highest BCUT2D eigenvalue weighted by Gasteiger charge is 2.33. The highest BCUT2D eigenvalue weighted by Crippen LogP contribution is 2.28. The first-order valence-corrected chi connectivity index (χ1v) is 9.05. The third kappa shape index (κ3) is 3.61. The molecule has 0 N–H and O–H groups in total. The van der Waals surface area contributed by atoms with Crippen LogP contribution in [-0.2, 0) is 11.2 Å². The van der Waals surface area contributed by atoms with Gasteiger partial charge in [0.1, 0.15) is 10.8 Å². The Bertz CT molecular complexity index is 963. The first-order valence-electron chi connectivity index (χ1n) is 8.67. The van der Waals surface area contributed by atoms with Crippen molar-refractivity contribution >= 4 is 23.2 Å². The smallest absolute Gasteiger partial charge is 0.230 e. The first-order chi connectivity index (χ1) is 13.1. The molecule has 4 rings (SSSR count). The minimum absolute atomic E-state index is 0.0293. The number of anilines is 1. The lowest BCUT2D eigenvalue weighted by Gasteiger charge is -2.17. The summed E-state index contributed by atoms with van der Waals surface area (Å²) in [5, 5.41) is 12.9. The van der Waals surface area contributed by atoms with Crippen LogP contribution in [0.1, 0.15) is 12.0 Å². The summed E-state index contributed by atoms with van der Waals surface area (Å²) in [6, 6.07) is 10.7. The Balaban J connectivity index is 1.51. The molecule has 0 saturated carbocycles. The zero-order valence-electron chi connectivity index (χ0n) is 14.5. The van der Waals surface area contributed by atoms with Crippen LogP contribution in [0.5, 0.6) is 0 Å². The molecule has 1 saturated heterocycles. The van der Waals surface area contributed by atoms with Gasteiger partial charge in [-0.05, 0) is 42.7 Å². The molecule has 0 radical (unpaired) electrons. The third-order valence-corrected chi connectivity index (χ3v) is 5.00. The van der Waals surface area contributed by atoms with Gasteiger partial charge in [-0.1, -0.05) is 17.7 Å². The zero-order valence-corrected chi connectivity index (χ0v) is 15.2. The fraction of sp³-hybridized carbons (Fsp3) is 0.200. The van der Waals surface area contributed by atoms with Crippen LogP contribution in [0.4, 0.5) is 5.69 Å². The minimum atomic E-state index is -0.118. The van der Waals surface area contributed by atoms with Gasteiger partial charge in [0.25, 0.3) is 0 Å². The molecule has 1 unspecified atom stereocenters. The molecule has 0 spiro atoms. The molecule has 3 aromatic heterocycles. The van der Waals surface area contributed by atoms with E-state index >= 15 is 0 Å². The standard InChI is InChI=1S/C20H17ClN4O2/c21-19-4-1-14(12-23-19)11-16-7-10-24(20(16)26)17-2-3-18(25(27)13-17)15-5-8-22-9-6-15/h1-6,8-9,12-13,16H,7,10-11H2. The van der Waals surface area contributed by atoms with Crippen LogP contribution in [0.15, 0.2) is 61.2 Å². The van der Waals surface area contributed by atoms with Crippen LogP contribution in [0.3, 0.4) is 0 Å². The predicted octanol–water partition coefficient (Wildman–Crippen LogP) is 3.03. The Hall–Kier alpha value is -2.99. The molecule has 1 amide bonds. The minimum Gasteiger partial charge on any atom is -0.618 e. The van der Waals surface area contributed by atoms with Crippen molar-refractivity contribution in [2.45, 2.75) is 12.8 Å². The summed E-state index contributed by atoms with van der Waals surface area (Å²) in [6.45, 7) is 0.596. The van der Waals surface area contributed by atoms with Gasteiger partial charge in [0.05, 0.1) is 5.56 Å². The predicted molar refractivity (Wildman–Crippen MR) is 102 cm³/mol. The van der Waals surface area contributed by atoms with Crippen LogP contribution in [-0.4, -0.2) is 22.4 Å². The summed E-state index contributed by atoms with van der Waals surface area (Å²) in [7, 11) is 0. The lowest BCUT2D eigenvalue weighted by Crippen LogP contribution is -2.33. The number of aromatic nitrogens is 3. The lowest BCUT2D eigenvalue weighted by atomic mass is 9.99. The Morgan fingerprint density at radius 3 is 2.70 bits per heavy atom. The Morgan fingerprint density at radius 2 is 2.00 bits per heavy atom. The fourth-order valence-electron chi connectivity index (χ4n) is 3.37. The fourth-order valence-corrected chi connectivity index (χ4v) is 3.48. The van der Waals surface area contributed by atoms with E-state index in [4.69, 9.17) is 11.6 Å². The monoisotopic (exact) mass is 380 g/mol. The summed E-state index contributed by atoms with van der Waals surface area (Å²) in [5.74, 6) is -0.0884. The molecule has 0 aliphatic carbocycles. The number of amides is 1. The van der Waals surface area contributed by atoms with Crippen molar-refractivity contribution < 1.29 is 9.52 Å². The number of nitrogens with zero attached hydrogens (tertiary/aromatic N) is 4. The van der Waals surface area contributed by atoms with E-state index < -0.39 is 0 Å². The molecule has 7 heteroatoms. The average molecular weight is 381 g/mol. The van der Waals surface area contributed by atoms with E-state index in [0.29, 0.717) is 29.5 Å². The van der Waals surface area contributed by atoms with E-state index in [-0.39, 0.29) is 11.8 Å². The van der Waals surface area contributed by atoms with Gasteiger partial charge in [-0.3, -0.25) is 9.78 Å². The molecule has 6 nitrogen and oxygen atoms in total. The lowest BCUT2D eigenvalue weighted by molar-refractivity contribution is -0.593. The summed E-state index contributed by atoms with van der Waals surface area (Å²) in [6.07, 6.45) is 7.80. The molecular weight excluding hydrogens is 364 g/mol. The van der Waals surface area contributed by atoms with Gasteiger partial charge in [0.2, 0.25) is 17.8 Å². The number of hydrogen-bond donors (Lipinski definition) is 0. The highest BCUT2D eigenvalue weighted by atomic mass is 35.5. The van der Waals surface area contributed by atoms with Crippen LogP contribution in [0.25, 0.3) is 11.3 Å². The van der Waals surface area contributed by atoms with Crippen LogP contribution in [0.2, 0.25) is 5.15 Å². The molecule has 0 aromatic carbocycles. The maximum absolute atomic E-state index is 12.8. The SMILES string of the molecule is O=C1C(Cc2ccc(Cl)nc2)CCN1c1ccc(-c2ccncc2)[n+]([O-])c1. The molecule has 136 valence electrons. The van der Waals surface area contributed by atoms with E-state index in [1.165, 1.54) is 6.20 Å². The Morgan fingerprint density at radius 1 is 1.19 bits per heavy atom. The molecule has 27 heavy (non-hydrogen) atoms. The van der Waals surface area contributed by atoms with Crippen molar-refractivity contribution in [2.24, 2.45) is 5.92 Å². The molecule has 0 bridgehead atoms. The maximum atomic E-state index is 12.8. The average Bonchev–Trinajstić information content (AvgIpc) is 3.04. The second-order valence-electron chi connectivity index (χ2n) is 6.50. The summed E-state index contributed by atoms with van der Waals surface area (Å²) in [5.41, 5.74) is 2.90. The zero-order chi connectivity index (χ0) is 18.8. The topological polar surface area (TPSA) is 73.0 Å². The highest BCUT2D eigenvalue weighted by molar-refractivity contribution is 6.29. The third-order valence-electron chi connectivity index (χ3n) is 4.77. The Labute approximate surface area is 161 Å². The quantitative estimate of drug-likeness (QED) is 0.396. The van der Waals surface area contributed by atoms with E-state index in [1.54, 1.807) is 47.8 Å². The van der Waals surface area contributed by atoms with Gasteiger partial charge in [-0.2, -0.15) is 4.73 Å². The second-order valence-corrected chi connectivity index (χ2v) is 6.89. The van der Waals surface area contributed by atoms with Crippen molar-refractivity contribution in [3.05, 3.63) is 77.1 Å². The van der Waals surface area contributed by atoms with Gasteiger partial charge in [0.15, 0.2) is 0 Å². The van der Waals surface area contributed by atoms with Crippen molar-refractivity contribution in [1.82, 2.24) is 9.97 Å². The Kier molecular flexibility index (Phi) is 4.73. The number of pyridine rings is 3. The van der Waals surface area contributed by atoms with Crippen molar-refractivity contribution in [3.63, 3.8) is 0 Å².